The standard InChI is InChI=1S/2C4H9.2C3H7.Sn/c2*1-3-4-2;2*1-3-2;/h2*1,3-4H2,2H3;2*3H,1-2H3;. The van der Waals surface area contributed by atoms with Gasteiger partial charge < -0.3 is 0 Å². The van der Waals surface area contributed by atoms with E-state index in [4.69, 9.17) is 0 Å². The van der Waals surface area contributed by atoms with Crippen LogP contribution < -0.4 is 0 Å². The van der Waals surface area contributed by atoms with Gasteiger partial charge in [0.25, 0.3) is 0 Å². The SMILES string of the molecule is CCC[CH2][Sn]([CH2]CCC)([CH](C)C)[CH](C)C. The number of hydrogen-bond donors (Lipinski definition) is 0. The predicted octanol–water partition coefficient (Wildman–Crippen LogP) is 5.86. The van der Waals surface area contributed by atoms with Crippen LogP contribution in [0.1, 0.15) is 67.2 Å². The van der Waals surface area contributed by atoms with Crippen LogP contribution in [0.15, 0.2) is 0 Å². The van der Waals surface area contributed by atoms with Gasteiger partial charge >= 0.3 is 102 Å². The first kappa shape index (κ1) is 15.8. The normalized spacial score (nSPS) is 12.8. The first-order chi connectivity index (χ1) is 7.01. The van der Waals surface area contributed by atoms with Crippen LogP contribution in [-0.4, -0.2) is 18.4 Å². The Morgan fingerprint density at radius 1 is 0.733 bits per heavy atom. The van der Waals surface area contributed by atoms with Crippen LogP contribution in [-0.2, 0) is 0 Å². The van der Waals surface area contributed by atoms with E-state index < -0.39 is 18.4 Å². The molecule has 0 aliphatic heterocycles. The molecule has 0 atom stereocenters. The van der Waals surface area contributed by atoms with Crippen molar-refractivity contribution >= 4 is 18.4 Å². The van der Waals surface area contributed by atoms with Gasteiger partial charge in [-0.05, 0) is 0 Å². The fourth-order valence-electron chi connectivity index (χ4n) is 2.96. The average Bonchev–Trinajstić information content (AvgIpc) is 2.17. The Morgan fingerprint density at radius 3 is 1.27 bits per heavy atom. The van der Waals surface area contributed by atoms with Gasteiger partial charge in [-0.2, -0.15) is 0 Å². The zero-order valence-electron chi connectivity index (χ0n) is 11.9. The van der Waals surface area contributed by atoms with Gasteiger partial charge in [-0.1, -0.05) is 0 Å². The van der Waals surface area contributed by atoms with Crippen LogP contribution in [0.3, 0.4) is 0 Å². The Hall–Kier alpha value is 0.799. The van der Waals surface area contributed by atoms with Crippen LogP contribution in [0.2, 0.25) is 16.7 Å². The predicted molar refractivity (Wildman–Crippen MR) is 75.4 cm³/mol. The Kier molecular flexibility index (Phi) is 8.40. The third-order valence-corrected chi connectivity index (χ3v) is 24.8. The minimum atomic E-state index is -1.81. The molecule has 1 heteroatoms. The van der Waals surface area contributed by atoms with Gasteiger partial charge in [0.15, 0.2) is 0 Å². The molecule has 0 N–H and O–H groups in total. The zero-order chi connectivity index (χ0) is 11.9. The molecule has 0 aromatic heterocycles. The summed E-state index contributed by atoms with van der Waals surface area (Å²) in [7, 11) is 0. The molecule has 0 aromatic carbocycles. The van der Waals surface area contributed by atoms with Crippen LogP contribution in [0.5, 0.6) is 0 Å². The molecule has 0 bridgehead atoms. The van der Waals surface area contributed by atoms with Gasteiger partial charge in [0.1, 0.15) is 0 Å². The van der Waals surface area contributed by atoms with Crippen molar-refractivity contribution in [3.63, 3.8) is 0 Å². The van der Waals surface area contributed by atoms with Gasteiger partial charge in [0, 0.05) is 0 Å². The van der Waals surface area contributed by atoms with E-state index >= 15 is 0 Å². The van der Waals surface area contributed by atoms with Crippen molar-refractivity contribution in [2.45, 2.75) is 84.0 Å². The van der Waals surface area contributed by atoms with Crippen molar-refractivity contribution < 1.29 is 0 Å². The molecule has 0 aliphatic rings. The summed E-state index contributed by atoms with van der Waals surface area (Å²) >= 11 is -1.81. The van der Waals surface area contributed by atoms with Crippen molar-refractivity contribution in [3.05, 3.63) is 0 Å². The second-order valence-corrected chi connectivity index (χ2v) is 22.2. The molecule has 0 saturated heterocycles. The fraction of sp³-hybridized carbons (Fsp3) is 1.00. The third-order valence-electron chi connectivity index (χ3n) is 4.29. The molecular weight excluding hydrogens is 287 g/mol. The summed E-state index contributed by atoms with van der Waals surface area (Å²) in [5, 5.41) is 0. The van der Waals surface area contributed by atoms with Gasteiger partial charge in [-0.25, -0.2) is 0 Å². The quantitative estimate of drug-likeness (QED) is 0.492. The summed E-state index contributed by atoms with van der Waals surface area (Å²) in [4.78, 5) is 0. The summed E-state index contributed by atoms with van der Waals surface area (Å²) in [6.45, 7) is 14.7. The van der Waals surface area contributed by atoms with Gasteiger partial charge in [-0.3, -0.25) is 0 Å². The Labute approximate surface area is 102 Å². The van der Waals surface area contributed by atoms with Crippen LogP contribution in [0.4, 0.5) is 0 Å². The van der Waals surface area contributed by atoms with Crippen molar-refractivity contribution in [2.24, 2.45) is 0 Å². The Bertz CT molecular complexity index is 131. The summed E-state index contributed by atoms with van der Waals surface area (Å²) in [5.41, 5.74) is 0. The third kappa shape index (κ3) is 4.66. The van der Waals surface area contributed by atoms with E-state index in [1.807, 2.05) is 0 Å². The monoisotopic (exact) mass is 320 g/mol. The first-order valence-corrected chi connectivity index (χ1v) is 14.3. The summed E-state index contributed by atoms with van der Waals surface area (Å²) in [5.74, 6) is 0. The van der Waals surface area contributed by atoms with E-state index in [0.29, 0.717) is 0 Å². The number of hydrogen-bond acceptors (Lipinski definition) is 0. The van der Waals surface area contributed by atoms with Crippen LogP contribution in [0, 0.1) is 0 Å². The van der Waals surface area contributed by atoms with Crippen LogP contribution >= 0.6 is 0 Å². The zero-order valence-corrected chi connectivity index (χ0v) is 14.8. The molecule has 0 radical (unpaired) electrons. The molecule has 0 unspecified atom stereocenters. The average molecular weight is 319 g/mol. The van der Waals surface area contributed by atoms with E-state index in [1.165, 1.54) is 25.7 Å². The second kappa shape index (κ2) is 7.97. The maximum absolute atomic E-state index is 2.52. The van der Waals surface area contributed by atoms with E-state index in [0.717, 1.165) is 7.87 Å². The first-order valence-electron chi connectivity index (χ1n) is 7.01. The summed E-state index contributed by atoms with van der Waals surface area (Å²) in [6.07, 6.45) is 5.78. The Morgan fingerprint density at radius 2 is 1.07 bits per heavy atom. The fourth-order valence-corrected chi connectivity index (χ4v) is 19.8. The van der Waals surface area contributed by atoms with E-state index in [-0.39, 0.29) is 0 Å². The molecule has 0 amide bonds. The van der Waals surface area contributed by atoms with E-state index in [2.05, 4.69) is 41.5 Å². The molecule has 0 heterocycles. The van der Waals surface area contributed by atoms with Crippen molar-refractivity contribution in [2.75, 3.05) is 0 Å². The maximum atomic E-state index is 2.52. The molecule has 0 nitrogen and oxygen atoms in total. The van der Waals surface area contributed by atoms with Gasteiger partial charge in [0.05, 0.1) is 0 Å². The molecule has 0 rings (SSSR count). The molecule has 0 aliphatic carbocycles. The van der Waals surface area contributed by atoms with Crippen molar-refractivity contribution in [3.8, 4) is 0 Å². The molecule has 0 fully saturated rings. The molecular formula is C14H32Sn. The summed E-state index contributed by atoms with van der Waals surface area (Å²) < 4.78 is 5.36. The van der Waals surface area contributed by atoms with Crippen molar-refractivity contribution in [1.82, 2.24) is 0 Å². The van der Waals surface area contributed by atoms with Crippen LogP contribution in [0.25, 0.3) is 0 Å². The molecule has 0 spiro atoms. The van der Waals surface area contributed by atoms with E-state index in [9.17, 15) is 0 Å². The number of unbranched alkanes of at least 4 members (excludes halogenated alkanes) is 2. The molecule has 0 aromatic rings. The second-order valence-electron chi connectivity index (χ2n) is 5.75. The molecule has 15 heavy (non-hydrogen) atoms. The number of rotatable bonds is 8. The minimum absolute atomic E-state index is 1.04. The van der Waals surface area contributed by atoms with Gasteiger partial charge in [-0.15, -0.1) is 0 Å². The van der Waals surface area contributed by atoms with Gasteiger partial charge in [0.2, 0.25) is 0 Å². The molecule has 0 saturated carbocycles. The molecule has 92 valence electrons. The summed E-state index contributed by atoms with van der Waals surface area (Å²) in [6, 6.07) is 0. The van der Waals surface area contributed by atoms with E-state index in [1.54, 1.807) is 8.87 Å². The van der Waals surface area contributed by atoms with Crippen molar-refractivity contribution in [1.29, 1.82) is 0 Å². The Balaban J connectivity index is 4.57. The topological polar surface area (TPSA) is 0 Å².